The number of carbonyl (C=O) groups excluding carboxylic acids is 3. The summed E-state index contributed by atoms with van der Waals surface area (Å²) in [7, 11) is 0. The second-order valence-corrected chi connectivity index (χ2v) is 7.14. The molecule has 0 saturated carbocycles. The number of ketones is 2. The van der Waals surface area contributed by atoms with E-state index >= 15 is 0 Å². The second-order valence-electron chi connectivity index (χ2n) is 5.45. The summed E-state index contributed by atoms with van der Waals surface area (Å²) >= 11 is 23.9. The van der Waals surface area contributed by atoms with Crippen LogP contribution in [0.4, 0.5) is 0 Å². The third kappa shape index (κ3) is 5.11. The fourth-order valence-electron chi connectivity index (χ4n) is 2.28. The Morgan fingerprint density at radius 2 is 1.19 bits per heavy atom. The van der Waals surface area contributed by atoms with Gasteiger partial charge < -0.3 is 4.74 Å². The Bertz CT molecular complexity index is 964. The summed E-state index contributed by atoms with van der Waals surface area (Å²) in [5.74, 6) is -2.32. The van der Waals surface area contributed by atoms with Crippen molar-refractivity contribution in [3.05, 3.63) is 73.2 Å². The Kier molecular flexibility index (Phi) is 7.06. The number of allylic oxidation sites excluding steroid dienone is 1. The second kappa shape index (κ2) is 8.89. The van der Waals surface area contributed by atoms with Crippen molar-refractivity contribution in [2.45, 2.75) is 13.8 Å². The first-order chi connectivity index (χ1) is 12.6. The van der Waals surface area contributed by atoms with Crippen LogP contribution in [0.1, 0.15) is 29.8 Å². The van der Waals surface area contributed by atoms with Crippen LogP contribution in [-0.2, 0) is 14.3 Å². The number of Topliss-reactive ketones (excluding diaryl/α,β-unsaturated/α-hetero) is 2. The summed E-state index contributed by atoms with van der Waals surface area (Å²) in [6, 6.07) is 8.54. The molecule has 0 aliphatic heterocycles. The molecular weight excluding hydrogens is 434 g/mol. The van der Waals surface area contributed by atoms with Crippen molar-refractivity contribution in [3.8, 4) is 0 Å². The number of esters is 1. The lowest BCUT2D eigenvalue weighted by Gasteiger charge is -2.15. The molecule has 0 bridgehead atoms. The first-order valence-corrected chi connectivity index (χ1v) is 9.01. The van der Waals surface area contributed by atoms with Crippen LogP contribution in [0.25, 0.3) is 5.76 Å². The van der Waals surface area contributed by atoms with E-state index in [9.17, 15) is 14.4 Å². The van der Waals surface area contributed by atoms with E-state index in [1.54, 1.807) is 0 Å². The van der Waals surface area contributed by atoms with Crippen LogP contribution in [0, 0.1) is 0 Å². The fraction of sp³-hybridized carbons (Fsp3) is 0.105. The Balaban J connectivity index is 2.63. The molecule has 2 aromatic carbocycles. The standard InChI is InChI=1S/C19H12Cl4O4/c1-9(24)17(10(2)25)18(13-5-3-11(20)7-15(13)22)27-19(26)14-6-4-12(21)8-16(14)23/h3-8H,1-2H3. The van der Waals surface area contributed by atoms with Crippen LogP contribution in [0.2, 0.25) is 20.1 Å². The smallest absolute Gasteiger partial charge is 0.345 e. The van der Waals surface area contributed by atoms with Crippen molar-refractivity contribution in [3.63, 3.8) is 0 Å². The molecule has 0 amide bonds. The summed E-state index contributed by atoms with van der Waals surface area (Å²) in [6.07, 6.45) is 0. The topological polar surface area (TPSA) is 60.4 Å². The van der Waals surface area contributed by atoms with Gasteiger partial charge in [-0.1, -0.05) is 46.4 Å². The molecule has 0 atom stereocenters. The zero-order chi connectivity index (χ0) is 20.3. The highest BCUT2D eigenvalue weighted by Crippen LogP contribution is 2.32. The lowest BCUT2D eigenvalue weighted by molar-refractivity contribution is -0.119. The highest BCUT2D eigenvalue weighted by atomic mass is 35.5. The van der Waals surface area contributed by atoms with E-state index in [0.717, 1.165) is 0 Å². The van der Waals surface area contributed by atoms with Crippen LogP contribution in [0.5, 0.6) is 0 Å². The van der Waals surface area contributed by atoms with E-state index in [1.165, 1.54) is 50.2 Å². The number of hydrogen-bond donors (Lipinski definition) is 0. The van der Waals surface area contributed by atoms with E-state index in [0.29, 0.717) is 10.0 Å². The average Bonchev–Trinajstić information content (AvgIpc) is 2.53. The first kappa shape index (κ1) is 21.5. The van der Waals surface area contributed by atoms with Crippen molar-refractivity contribution in [1.82, 2.24) is 0 Å². The van der Waals surface area contributed by atoms with E-state index in [1.807, 2.05) is 0 Å². The molecule has 0 aromatic heterocycles. The minimum absolute atomic E-state index is 0.00936. The number of ether oxygens (including phenoxy) is 1. The summed E-state index contributed by atoms with van der Waals surface area (Å²) < 4.78 is 5.39. The largest absolute Gasteiger partial charge is 0.421 e. The van der Waals surface area contributed by atoms with Crippen molar-refractivity contribution in [2.75, 3.05) is 0 Å². The van der Waals surface area contributed by atoms with Gasteiger partial charge in [0.15, 0.2) is 17.3 Å². The molecule has 140 valence electrons. The lowest BCUT2D eigenvalue weighted by Crippen LogP contribution is -2.15. The highest BCUT2D eigenvalue weighted by Gasteiger charge is 2.25. The molecule has 0 N–H and O–H groups in total. The number of rotatable bonds is 5. The van der Waals surface area contributed by atoms with Crippen molar-refractivity contribution in [1.29, 1.82) is 0 Å². The van der Waals surface area contributed by atoms with Gasteiger partial charge in [0.1, 0.15) is 5.57 Å². The van der Waals surface area contributed by atoms with E-state index in [2.05, 4.69) is 0 Å². The molecule has 0 spiro atoms. The third-order valence-electron chi connectivity index (χ3n) is 3.45. The number of halogens is 4. The maximum absolute atomic E-state index is 12.6. The van der Waals surface area contributed by atoms with Gasteiger partial charge in [-0.15, -0.1) is 0 Å². The predicted octanol–water partition coefficient (Wildman–Crippen LogP) is 6.05. The Morgan fingerprint density at radius 1 is 0.741 bits per heavy atom. The van der Waals surface area contributed by atoms with E-state index in [4.69, 9.17) is 51.1 Å². The van der Waals surface area contributed by atoms with Crippen LogP contribution >= 0.6 is 46.4 Å². The van der Waals surface area contributed by atoms with Crippen LogP contribution in [0.15, 0.2) is 42.0 Å². The number of carbonyl (C=O) groups is 3. The van der Waals surface area contributed by atoms with Crippen LogP contribution < -0.4 is 0 Å². The Labute approximate surface area is 175 Å². The Hall–Kier alpha value is -1.85. The average molecular weight is 446 g/mol. The molecule has 4 nitrogen and oxygen atoms in total. The minimum Gasteiger partial charge on any atom is -0.421 e. The van der Waals surface area contributed by atoms with Gasteiger partial charge >= 0.3 is 5.97 Å². The van der Waals surface area contributed by atoms with Crippen LogP contribution in [0.3, 0.4) is 0 Å². The monoisotopic (exact) mass is 444 g/mol. The number of benzene rings is 2. The molecule has 2 rings (SSSR count). The third-order valence-corrected chi connectivity index (χ3v) is 4.55. The summed E-state index contributed by atoms with van der Waals surface area (Å²) in [6.45, 7) is 2.37. The van der Waals surface area contributed by atoms with E-state index < -0.39 is 17.5 Å². The molecule has 8 heteroatoms. The normalized spacial score (nSPS) is 10.3. The van der Waals surface area contributed by atoms with Crippen molar-refractivity contribution < 1.29 is 19.1 Å². The molecule has 0 unspecified atom stereocenters. The maximum Gasteiger partial charge on any atom is 0.345 e. The van der Waals surface area contributed by atoms with Gasteiger partial charge in [-0.25, -0.2) is 4.79 Å². The van der Waals surface area contributed by atoms with Gasteiger partial charge in [-0.3, -0.25) is 9.59 Å². The first-order valence-electron chi connectivity index (χ1n) is 7.50. The molecule has 0 radical (unpaired) electrons. The molecule has 0 aliphatic rings. The minimum atomic E-state index is -0.877. The van der Waals surface area contributed by atoms with Crippen molar-refractivity contribution >= 4 is 69.7 Å². The van der Waals surface area contributed by atoms with Gasteiger partial charge in [0.25, 0.3) is 0 Å². The highest BCUT2D eigenvalue weighted by molar-refractivity contribution is 6.37. The van der Waals surface area contributed by atoms with Gasteiger partial charge in [-0.2, -0.15) is 0 Å². The van der Waals surface area contributed by atoms with Gasteiger partial charge in [-0.05, 0) is 50.2 Å². The molecule has 2 aromatic rings. The molecular formula is C19H12Cl4O4. The Morgan fingerprint density at radius 3 is 1.59 bits per heavy atom. The molecule has 0 fully saturated rings. The summed E-state index contributed by atoms with van der Waals surface area (Å²) in [5.41, 5.74) is -0.132. The van der Waals surface area contributed by atoms with Gasteiger partial charge in [0, 0.05) is 15.6 Å². The molecule has 0 heterocycles. The zero-order valence-corrected chi connectivity index (χ0v) is 17.1. The van der Waals surface area contributed by atoms with Crippen molar-refractivity contribution in [2.24, 2.45) is 0 Å². The maximum atomic E-state index is 12.6. The number of hydrogen-bond acceptors (Lipinski definition) is 4. The summed E-state index contributed by atoms with van der Waals surface area (Å²) in [5, 5.41) is 0.831. The van der Waals surface area contributed by atoms with E-state index in [-0.39, 0.29) is 32.5 Å². The molecule has 27 heavy (non-hydrogen) atoms. The van der Waals surface area contributed by atoms with Gasteiger partial charge in [0.2, 0.25) is 0 Å². The van der Waals surface area contributed by atoms with Crippen LogP contribution in [-0.4, -0.2) is 17.5 Å². The molecule has 0 saturated heterocycles. The predicted molar refractivity (Wildman–Crippen MR) is 107 cm³/mol. The fourth-order valence-corrected chi connectivity index (χ4v) is 3.26. The molecule has 0 aliphatic carbocycles. The summed E-state index contributed by atoms with van der Waals surface area (Å²) in [4.78, 5) is 36.7. The zero-order valence-electron chi connectivity index (χ0n) is 14.1. The quantitative estimate of drug-likeness (QED) is 0.185. The van der Waals surface area contributed by atoms with Gasteiger partial charge in [0.05, 0.1) is 15.6 Å². The SMILES string of the molecule is CC(=O)C(C(C)=O)=C(OC(=O)c1ccc(Cl)cc1Cl)c1ccc(Cl)cc1Cl. The lowest BCUT2D eigenvalue weighted by atomic mass is 10.0.